The second-order valence-corrected chi connectivity index (χ2v) is 6.23. The lowest BCUT2D eigenvalue weighted by atomic mass is 10.2. The number of cyclic esters (lactones) is 2. The number of rotatable bonds is 5. The third-order valence-corrected chi connectivity index (χ3v) is 3.69. The van der Waals surface area contributed by atoms with Gasteiger partial charge in [-0.3, -0.25) is 4.79 Å². The lowest BCUT2D eigenvalue weighted by molar-refractivity contribution is -0.222. The SMILES string of the molecule is COc1cc(NC=C2C(=O)OC(C)(C)OC2=O)ccc1NC(=O)c1ccco1. The Morgan fingerprint density at radius 3 is 2.46 bits per heavy atom. The minimum absolute atomic E-state index is 0.159. The molecule has 9 heteroatoms. The lowest BCUT2D eigenvalue weighted by Crippen LogP contribution is -2.42. The fourth-order valence-corrected chi connectivity index (χ4v) is 2.41. The number of anilines is 2. The maximum atomic E-state index is 12.1. The Morgan fingerprint density at radius 1 is 1.14 bits per heavy atom. The Balaban J connectivity index is 1.74. The molecule has 146 valence electrons. The van der Waals surface area contributed by atoms with Gasteiger partial charge in [0.05, 0.1) is 19.1 Å². The number of hydrogen-bond donors (Lipinski definition) is 2. The molecule has 0 saturated carbocycles. The maximum absolute atomic E-state index is 12.1. The van der Waals surface area contributed by atoms with Gasteiger partial charge in [0.1, 0.15) is 5.75 Å². The molecule has 2 aromatic rings. The van der Waals surface area contributed by atoms with Crippen LogP contribution < -0.4 is 15.4 Å². The zero-order valence-corrected chi connectivity index (χ0v) is 15.4. The molecule has 9 nitrogen and oxygen atoms in total. The monoisotopic (exact) mass is 386 g/mol. The second-order valence-electron chi connectivity index (χ2n) is 6.23. The highest BCUT2D eigenvalue weighted by Crippen LogP contribution is 2.29. The highest BCUT2D eigenvalue weighted by atomic mass is 16.7. The van der Waals surface area contributed by atoms with Gasteiger partial charge in [-0.05, 0) is 24.3 Å². The molecule has 0 spiro atoms. The molecule has 0 unspecified atom stereocenters. The second kappa shape index (κ2) is 7.47. The molecule has 0 aliphatic carbocycles. The largest absolute Gasteiger partial charge is 0.494 e. The summed E-state index contributed by atoms with van der Waals surface area (Å²) in [5, 5.41) is 5.48. The number of nitrogens with one attached hydrogen (secondary N) is 2. The van der Waals surface area contributed by atoms with Crippen molar-refractivity contribution in [1.82, 2.24) is 0 Å². The number of carbonyl (C=O) groups is 3. The van der Waals surface area contributed by atoms with Crippen LogP contribution >= 0.6 is 0 Å². The van der Waals surface area contributed by atoms with Crippen LogP contribution in [0.1, 0.15) is 24.4 Å². The summed E-state index contributed by atoms with van der Waals surface area (Å²) in [5.74, 6) is -2.79. The van der Waals surface area contributed by atoms with Crippen molar-refractivity contribution < 1.29 is 33.0 Å². The molecule has 2 heterocycles. The molecule has 1 aliphatic rings. The molecule has 2 N–H and O–H groups in total. The quantitative estimate of drug-likeness (QED) is 0.458. The summed E-state index contributed by atoms with van der Waals surface area (Å²) in [6.45, 7) is 2.93. The maximum Gasteiger partial charge on any atom is 0.350 e. The van der Waals surface area contributed by atoms with E-state index in [1.54, 1.807) is 24.3 Å². The van der Waals surface area contributed by atoms with Crippen molar-refractivity contribution in [1.29, 1.82) is 0 Å². The van der Waals surface area contributed by atoms with Gasteiger partial charge in [-0.25, -0.2) is 9.59 Å². The number of ether oxygens (including phenoxy) is 3. The van der Waals surface area contributed by atoms with Crippen LogP contribution in [0.3, 0.4) is 0 Å². The first kappa shape index (κ1) is 19.0. The molecule has 1 amide bonds. The van der Waals surface area contributed by atoms with E-state index in [0.717, 1.165) is 0 Å². The molecule has 1 aromatic heterocycles. The number of furan rings is 1. The number of amides is 1. The highest BCUT2D eigenvalue weighted by molar-refractivity contribution is 6.15. The van der Waals surface area contributed by atoms with Gasteiger partial charge >= 0.3 is 11.9 Å². The van der Waals surface area contributed by atoms with Gasteiger partial charge in [0.25, 0.3) is 11.7 Å². The molecule has 28 heavy (non-hydrogen) atoms. The number of methoxy groups -OCH3 is 1. The van der Waals surface area contributed by atoms with Gasteiger partial charge in [0.15, 0.2) is 11.3 Å². The molecule has 1 saturated heterocycles. The van der Waals surface area contributed by atoms with E-state index in [0.29, 0.717) is 17.1 Å². The van der Waals surface area contributed by atoms with Crippen molar-refractivity contribution >= 4 is 29.2 Å². The normalized spacial score (nSPS) is 15.3. The number of esters is 2. The third-order valence-electron chi connectivity index (χ3n) is 3.69. The Bertz CT molecular complexity index is 923. The van der Waals surface area contributed by atoms with Crippen molar-refractivity contribution in [2.45, 2.75) is 19.6 Å². The molecule has 3 rings (SSSR count). The predicted molar refractivity (Wildman–Crippen MR) is 97.6 cm³/mol. The molecule has 0 bridgehead atoms. The van der Waals surface area contributed by atoms with Gasteiger partial charge in [-0.15, -0.1) is 0 Å². The molecular formula is C19H18N2O7. The Morgan fingerprint density at radius 2 is 1.86 bits per heavy atom. The van der Waals surface area contributed by atoms with E-state index in [1.807, 2.05) is 0 Å². The van der Waals surface area contributed by atoms with Crippen LogP contribution in [0, 0.1) is 0 Å². The average Bonchev–Trinajstić information content (AvgIpc) is 3.15. The zero-order chi connectivity index (χ0) is 20.3. The summed E-state index contributed by atoms with van der Waals surface area (Å²) < 4.78 is 20.4. The molecule has 1 aliphatic heterocycles. The molecule has 0 atom stereocenters. The van der Waals surface area contributed by atoms with Crippen LogP contribution in [0.4, 0.5) is 11.4 Å². The van der Waals surface area contributed by atoms with Gasteiger partial charge in [-0.1, -0.05) is 0 Å². The standard InChI is InChI=1S/C19H18N2O7/c1-19(2)27-17(23)12(18(24)28-19)10-20-11-6-7-13(15(9-11)25-3)21-16(22)14-5-4-8-26-14/h4-10,20H,1-3H3,(H,21,22). The van der Waals surface area contributed by atoms with Crippen molar-refractivity contribution in [3.8, 4) is 5.75 Å². The van der Waals surface area contributed by atoms with Crippen LogP contribution in [-0.2, 0) is 19.1 Å². The summed E-state index contributed by atoms with van der Waals surface area (Å²) in [6, 6.07) is 7.95. The van der Waals surface area contributed by atoms with Crippen LogP contribution in [-0.4, -0.2) is 30.7 Å². The summed E-state index contributed by atoms with van der Waals surface area (Å²) >= 11 is 0. The molecule has 1 fully saturated rings. The Labute approximate surface area is 160 Å². The summed E-state index contributed by atoms with van der Waals surface area (Å²) in [7, 11) is 1.44. The fraction of sp³-hybridized carbons (Fsp3) is 0.211. The van der Waals surface area contributed by atoms with E-state index in [9.17, 15) is 14.4 Å². The highest BCUT2D eigenvalue weighted by Gasteiger charge is 2.38. The van der Waals surface area contributed by atoms with Gasteiger partial charge in [0.2, 0.25) is 0 Å². The topological polar surface area (TPSA) is 116 Å². The smallest absolute Gasteiger partial charge is 0.350 e. The molecule has 0 radical (unpaired) electrons. The van der Waals surface area contributed by atoms with E-state index >= 15 is 0 Å². The first-order valence-corrected chi connectivity index (χ1v) is 8.25. The van der Waals surface area contributed by atoms with E-state index in [2.05, 4.69) is 10.6 Å². The van der Waals surface area contributed by atoms with E-state index in [4.69, 9.17) is 18.6 Å². The van der Waals surface area contributed by atoms with Gasteiger partial charge < -0.3 is 29.3 Å². The number of carbonyl (C=O) groups excluding carboxylic acids is 3. The fourth-order valence-electron chi connectivity index (χ4n) is 2.41. The summed E-state index contributed by atoms with van der Waals surface area (Å²) in [6.07, 6.45) is 2.59. The summed E-state index contributed by atoms with van der Waals surface area (Å²) in [5.41, 5.74) is 0.652. The van der Waals surface area contributed by atoms with Gasteiger partial charge in [-0.2, -0.15) is 0 Å². The first-order chi connectivity index (χ1) is 13.3. The first-order valence-electron chi connectivity index (χ1n) is 8.25. The Hall–Kier alpha value is -3.75. The van der Waals surface area contributed by atoms with Crippen molar-refractivity contribution in [2.75, 3.05) is 17.7 Å². The number of hydrogen-bond acceptors (Lipinski definition) is 8. The minimum atomic E-state index is -1.30. The lowest BCUT2D eigenvalue weighted by Gasteiger charge is -2.29. The van der Waals surface area contributed by atoms with Crippen molar-refractivity contribution in [3.05, 3.63) is 54.1 Å². The number of benzene rings is 1. The summed E-state index contributed by atoms with van der Waals surface area (Å²) in [4.78, 5) is 36.0. The molecular weight excluding hydrogens is 368 g/mol. The van der Waals surface area contributed by atoms with Crippen molar-refractivity contribution in [2.24, 2.45) is 0 Å². The van der Waals surface area contributed by atoms with E-state index < -0.39 is 23.6 Å². The predicted octanol–water partition coefficient (Wildman–Crippen LogP) is 2.67. The van der Waals surface area contributed by atoms with Gasteiger partial charge in [0, 0.05) is 31.8 Å². The van der Waals surface area contributed by atoms with Crippen LogP contribution in [0.25, 0.3) is 0 Å². The van der Waals surface area contributed by atoms with Crippen LogP contribution in [0.5, 0.6) is 5.75 Å². The third kappa shape index (κ3) is 4.14. The Kier molecular flexibility index (Phi) is 5.08. The van der Waals surface area contributed by atoms with E-state index in [-0.39, 0.29) is 11.3 Å². The molecule has 1 aromatic carbocycles. The minimum Gasteiger partial charge on any atom is -0.494 e. The zero-order valence-electron chi connectivity index (χ0n) is 15.4. The van der Waals surface area contributed by atoms with Crippen LogP contribution in [0.2, 0.25) is 0 Å². The van der Waals surface area contributed by atoms with Crippen LogP contribution in [0.15, 0.2) is 52.8 Å². The average molecular weight is 386 g/mol. The van der Waals surface area contributed by atoms with Crippen molar-refractivity contribution in [3.63, 3.8) is 0 Å². The van der Waals surface area contributed by atoms with E-state index in [1.165, 1.54) is 39.5 Å².